The van der Waals surface area contributed by atoms with Gasteiger partial charge in [0.1, 0.15) is 5.69 Å². The maximum Gasteiger partial charge on any atom is 0.431 e. The number of halogens is 3. The molecule has 0 aliphatic carbocycles. The van der Waals surface area contributed by atoms with Crippen molar-refractivity contribution in [3.05, 3.63) is 58.4 Å². The first-order valence-electron chi connectivity index (χ1n) is 11.0. The number of aryl methyl sites for hydroxylation is 1. The van der Waals surface area contributed by atoms with Crippen LogP contribution in [-0.2, 0) is 23.9 Å². The predicted octanol–water partition coefficient (Wildman–Crippen LogP) is 4.12. The Kier molecular flexibility index (Phi) is 5.45. The van der Waals surface area contributed by atoms with E-state index in [1.165, 1.54) is 10.6 Å². The van der Waals surface area contributed by atoms with Crippen LogP contribution < -0.4 is 0 Å². The lowest BCUT2D eigenvalue weighted by molar-refractivity contribution is -0.144. The number of likely N-dealkylation sites (tertiary alicyclic amines) is 1. The van der Waals surface area contributed by atoms with Crippen LogP contribution in [-0.4, -0.2) is 52.1 Å². The molecule has 8 heteroatoms. The molecule has 0 saturated carbocycles. The number of nitrogens with zero attached hydrogens (tertiary/aromatic N) is 3. The number of hydrogen-bond donors (Lipinski definition) is 1. The van der Waals surface area contributed by atoms with Crippen LogP contribution in [0.25, 0.3) is 0 Å². The lowest BCUT2D eigenvalue weighted by atomic mass is 9.81. The number of amides is 1. The van der Waals surface area contributed by atoms with Crippen LogP contribution in [0.2, 0.25) is 0 Å². The van der Waals surface area contributed by atoms with Crippen LogP contribution >= 0.6 is 0 Å². The van der Waals surface area contributed by atoms with Crippen molar-refractivity contribution in [1.29, 1.82) is 0 Å². The summed E-state index contributed by atoms with van der Waals surface area (Å²) in [4.78, 5) is 17.1. The molecule has 1 spiro atoms. The highest BCUT2D eigenvalue weighted by Crippen LogP contribution is 2.44. The first-order chi connectivity index (χ1) is 14.8. The molecular formula is C24H30F3N3O2. The average molecular weight is 450 g/mol. The lowest BCUT2D eigenvalue weighted by Gasteiger charge is -2.50. The molecule has 1 aromatic heterocycles. The van der Waals surface area contributed by atoms with E-state index in [0.29, 0.717) is 50.3 Å². The normalized spacial score (nSPS) is 19.3. The SMILES string of the molecule is Cc1cc(C(=O)N2CCC3(CC2)c2ccc(C(F)(F)F)n2CCN3C)ccc1C(C)(C)O. The van der Waals surface area contributed by atoms with Crippen molar-refractivity contribution in [3.8, 4) is 0 Å². The minimum Gasteiger partial charge on any atom is -0.386 e. The molecule has 5 nitrogen and oxygen atoms in total. The van der Waals surface area contributed by atoms with Gasteiger partial charge in [-0.1, -0.05) is 6.07 Å². The monoisotopic (exact) mass is 449 g/mol. The third-order valence-electron chi connectivity index (χ3n) is 7.15. The van der Waals surface area contributed by atoms with Crippen molar-refractivity contribution in [2.75, 3.05) is 26.7 Å². The molecule has 1 N–H and O–H groups in total. The molecule has 4 rings (SSSR count). The van der Waals surface area contributed by atoms with E-state index in [1.54, 1.807) is 43.0 Å². The van der Waals surface area contributed by atoms with Crippen molar-refractivity contribution in [1.82, 2.24) is 14.4 Å². The fraction of sp³-hybridized carbons (Fsp3) is 0.542. The Hall–Kier alpha value is -2.32. The summed E-state index contributed by atoms with van der Waals surface area (Å²) in [6.45, 7) is 7.09. The maximum absolute atomic E-state index is 13.4. The largest absolute Gasteiger partial charge is 0.431 e. The van der Waals surface area contributed by atoms with Crippen LogP contribution in [0.4, 0.5) is 13.2 Å². The van der Waals surface area contributed by atoms with Gasteiger partial charge in [-0.25, -0.2) is 0 Å². The van der Waals surface area contributed by atoms with Gasteiger partial charge in [-0.3, -0.25) is 9.69 Å². The van der Waals surface area contributed by atoms with Crippen LogP contribution in [0.3, 0.4) is 0 Å². The molecular weight excluding hydrogens is 419 g/mol. The average Bonchev–Trinajstić information content (AvgIpc) is 3.15. The number of carbonyl (C=O) groups is 1. The summed E-state index contributed by atoms with van der Waals surface area (Å²) < 4.78 is 41.8. The topological polar surface area (TPSA) is 48.7 Å². The fourth-order valence-corrected chi connectivity index (χ4v) is 5.41. The highest BCUT2D eigenvalue weighted by Gasteiger charge is 2.47. The van der Waals surface area contributed by atoms with Gasteiger partial charge >= 0.3 is 6.18 Å². The zero-order valence-corrected chi connectivity index (χ0v) is 19.0. The fourth-order valence-electron chi connectivity index (χ4n) is 5.41. The Morgan fingerprint density at radius 2 is 1.69 bits per heavy atom. The number of benzene rings is 1. The van der Waals surface area contributed by atoms with E-state index >= 15 is 0 Å². The number of alkyl halides is 3. The van der Waals surface area contributed by atoms with Crippen LogP contribution in [0.5, 0.6) is 0 Å². The maximum atomic E-state index is 13.4. The minimum atomic E-state index is -4.38. The van der Waals surface area contributed by atoms with Gasteiger partial charge in [0.2, 0.25) is 0 Å². The lowest BCUT2D eigenvalue weighted by Crippen LogP contribution is -2.56. The summed E-state index contributed by atoms with van der Waals surface area (Å²) in [5, 5.41) is 10.3. The first-order valence-corrected chi connectivity index (χ1v) is 11.0. The number of carbonyl (C=O) groups excluding carboxylic acids is 1. The molecule has 32 heavy (non-hydrogen) atoms. The molecule has 174 valence electrons. The van der Waals surface area contributed by atoms with E-state index in [9.17, 15) is 23.1 Å². The number of aromatic nitrogens is 1. The highest BCUT2D eigenvalue weighted by molar-refractivity contribution is 5.94. The number of aliphatic hydroxyl groups is 1. The summed E-state index contributed by atoms with van der Waals surface area (Å²) in [5.41, 5.74) is 0.791. The van der Waals surface area contributed by atoms with E-state index in [-0.39, 0.29) is 5.91 Å². The second-order valence-electron chi connectivity index (χ2n) is 9.59. The first kappa shape index (κ1) is 22.9. The van der Waals surface area contributed by atoms with Gasteiger partial charge in [-0.15, -0.1) is 0 Å². The molecule has 0 unspecified atom stereocenters. The van der Waals surface area contributed by atoms with Crippen molar-refractivity contribution in [2.45, 2.75) is 57.5 Å². The molecule has 1 fully saturated rings. The van der Waals surface area contributed by atoms with E-state index in [4.69, 9.17) is 0 Å². The van der Waals surface area contributed by atoms with E-state index in [2.05, 4.69) is 4.90 Å². The Labute approximate surface area is 186 Å². The summed E-state index contributed by atoms with van der Waals surface area (Å²) >= 11 is 0. The third kappa shape index (κ3) is 3.73. The molecule has 2 aliphatic heterocycles. The van der Waals surface area contributed by atoms with Crippen LogP contribution in [0.1, 0.15) is 59.6 Å². The highest BCUT2D eigenvalue weighted by atomic mass is 19.4. The van der Waals surface area contributed by atoms with Crippen molar-refractivity contribution in [3.63, 3.8) is 0 Å². The van der Waals surface area contributed by atoms with Gasteiger partial charge in [-0.2, -0.15) is 13.2 Å². The van der Waals surface area contributed by atoms with Crippen molar-refractivity contribution >= 4 is 5.91 Å². The van der Waals surface area contributed by atoms with Gasteiger partial charge in [-0.05, 0) is 76.1 Å². The summed E-state index contributed by atoms with van der Waals surface area (Å²) in [5.74, 6) is -0.0879. The van der Waals surface area contributed by atoms with Gasteiger partial charge in [0.25, 0.3) is 5.91 Å². The molecule has 1 amide bonds. The molecule has 2 aliphatic rings. The van der Waals surface area contributed by atoms with Gasteiger partial charge in [0.15, 0.2) is 0 Å². The molecule has 0 atom stereocenters. The van der Waals surface area contributed by atoms with Crippen LogP contribution in [0.15, 0.2) is 30.3 Å². The van der Waals surface area contributed by atoms with Crippen LogP contribution in [0, 0.1) is 6.92 Å². The molecule has 3 heterocycles. The standard InChI is InChI=1S/C24H30F3N3O2/c1-16-15-17(5-6-18(16)22(2,3)32)21(31)29-11-9-23(10-12-29)19-7-8-20(24(25,26)27)30(19)14-13-28(23)4/h5-8,15,32H,9-14H2,1-4H3. The van der Waals surface area contributed by atoms with E-state index in [1.807, 2.05) is 14.0 Å². The number of fused-ring (bicyclic) bond motifs is 2. The second-order valence-corrected chi connectivity index (χ2v) is 9.59. The molecule has 1 saturated heterocycles. The molecule has 0 radical (unpaired) electrons. The minimum absolute atomic E-state index is 0.0879. The third-order valence-corrected chi connectivity index (χ3v) is 7.15. The smallest absolute Gasteiger partial charge is 0.386 e. The van der Waals surface area contributed by atoms with Gasteiger partial charge < -0.3 is 14.6 Å². The van der Waals surface area contributed by atoms with Gasteiger partial charge in [0, 0.05) is 37.4 Å². The number of hydrogen-bond acceptors (Lipinski definition) is 3. The number of likely N-dealkylation sites (N-methyl/N-ethyl adjacent to an activating group) is 1. The zero-order valence-electron chi connectivity index (χ0n) is 19.0. The molecule has 2 aromatic rings. The van der Waals surface area contributed by atoms with E-state index < -0.39 is 23.0 Å². The Bertz CT molecular complexity index is 1030. The van der Waals surface area contributed by atoms with Gasteiger partial charge in [0.05, 0.1) is 11.1 Å². The second kappa shape index (κ2) is 7.63. The Morgan fingerprint density at radius 1 is 1.03 bits per heavy atom. The predicted molar refractivity (Wildman–Crippen MR) is 115 cm³/mol. The molecule has 1 aromatic carbocycles. The van der Waals surface area contributed by atoms with E-state index in [0.717, 1.165) is 11.1 Å². The zero-order chi connectivity index (χ0) is 23.5. The summed E-state index contributed by atoms with van der Waals surface area (Å²) in [6, 6.07) is 8.11. The number of piperidine rings is 1. The summed E-state index contributed by atoms with van der Waals surface area (Å²) in [7, 11) is 1.96. The Morgan fingerprint density at radius 3 is 2.25 bits per heavy atom. The molecule has 0 bridgehead atoms. The number of rotatable bonds is 2. The quantitative estimate of drug-likeness (QED) is 0.751. The van der Waals surface area contributed by atoms with Crippen molar-refractivity contribution < 1.29 is 23.1 Å². The Balaban J connectivity index is 1.55. The summed E-state index contributed by atoms with van der Waals surface area (Å²) in [6.07, 6.45) is -3.21. The van der Waals surface area contributed by atoms with Crippen molar-refractivity contribution in [2.24, 2.45) is 0 Å².